The summed E-state index contributed by atoms with van der Waals surface area (Å²) in [4.78, 5) is 27.3. The van der Waals surface area contributed by atoms with Crippen molar-refractivity contribution >= 4 is 11.8 Å². The SMILES string of the molecule is CC(C(N)=O)N1CCc2cc[nH]c2C1=O. The first kappa shape index (κ1) is 9.76. The summed E-state index contributed by atoms with van der Waals surface area (Å²) in [7, 11) is 0. The van der Waals surface area contributed by atoms with Crippen LogP contribution in [0, 0.1) is 0 Å². The lowest BCUT2D eigenvalue weighted by atomic mass is 10.1. The molecule has 5 nitrogen and oxygen atoms in total. The van der Waals surface area contributed by atoms with Gasteiger partial charge in [-0.15, -0.1) is 0 Å². The van der Waals surface area contributed by atoms with Crippen molar-refractivity contribution in [2.75, 3.05) is 6.54 Å². The van der Waals surface area contributed by atoms with Gasteiger partial charge in [0.15, 0.2) is 0 Å². The van der Waals surface area contributed by atoms with Crippen LogP contribution in [-0.4, -0.2) is 34.3 Å². The Kier molecular flexibility index (Phi) is 2.22. The van der Waals surface area contributed by atoms with E-state index in [-0.39, 0.29) is 5.91 Å². The van der Waals surface area contributed by atoms with Crippen molar-refractivity contribution in [3.05, 3.63) is 23.5 Å². The first-order valence-electron chi connectivity index (χ1n) is 4.88. The molecule has 0 aromatic carbocycles. The molecule has 0 saturated heterocycles. The van der Waals surface area contributed by atoms with E-state index in [1.807, 2.05) is 6.07 Å². The summed E-state index contributed by atoms with van der Waals surface area (Å²) in [5, 5.41) is 0. The van der Waals surface area contributed by atoms with Crippen LogP contribution in [0.25, 0.3) is 0 Å². The molecule has 80 valence electrons. The maximum absolute atomic E-state index is 11.9. The minimum absolute atomic E-state index is 0.146. The number of hydrogen-bond acceptors (Lipinski definition) is 2. The molecule has 0 fully saturated rings. The molecule has 2 rings (SSSR count). The number of carbonyl (C=O) groups excluding carboxylic acids is 2. The minimum atomic E-state index is -0.547. The first-order valence-corrected chi connectivity index (χ1v) is 4.88. The van der Waals surface area contributed by atoms with Gasteiger partial charge in [-0.05, 0) is 25.0 Å². The Balaban J connectivity index is 2.27. The van der Waals surface area contributed by atoms with E-state index < -0.39 is 11.9 Å². The maximum atomic E-state index is 11.9. The fourth-order valence-electron chi connectivity index (χ4n) is 1.82. The lowest BCUT2D eigenvalue weighted by molar-refractivity contribution is -0.122. The van der Waals surface area contributed by atoms with Crippen molar-refractivity contribution in [1.29, 1.82) is 0 Å². The van der Waals surface area contributed by atoms with E-state index in [2.05, 4.69) is 4.98 Å². The van der Waals surface area contributed by atoms with Crippen LogP contribution in [0.1, 0.15) is 23.0 Å². The molecule has 1 unspecified atom stereocenters. The number of hydrogen-bond donors (Lipinski definition) is 2. The number of nitrogens with one attached hydrogen (secondary N) is 1. The van der Waals surface area contributed by atoms with Gasteiger partial charge >= 0.3 is 0 Å². The van der Waals surface area contributed by atoms with Crippen LogP contribution in [0.5, 0.6) is 0 Å². The summed E-state index contributed by atoms with van der Waals surface area (Å²) >= 11 is 0. The van der Waals surface area contributed by atoms with Gasteiger partial charge in [0.1, 0.15) is 11.7 Å². The second-order valence-electron chi connectivity index (χ2n) is 3.70. The number of primary amides is 1. The summed E-state index contributed by atoms with van der Waals surface area (Å²) in [6.45, 7) is 2.20. The van der Waals surface area contributed by atoms with Crippen molar-refractivity contribution in [2.45, 2.75) is 19.4 Å². The van der Waals surface area contributed by atoms with Crippen molar-refractivity contribution in [3.8, 4) is 0 Å². The number of aromatic amines is 1. The quantitative estimate of drug-likeness (QED) is 0.709. The number of fused-ring (bicyclic) bond motifs is 1. The molecule has 1 aliphatic rings. The Morgan fingerprint density at radius 3 is 3.07 bits per heavy atom. The highest BCUT2D eigenvalue weighted by Crippen LogP contribution is 2.18. The average Bonchev–Trinajstić information content (AvgIpc) is 2.66. The molecule has 5 heteroatoms. The third kappa shape index (κ3) is 1.49. The van der Waals surface area contributed by atoms with E-state index in [1.54, 1.807) is 13.1 Å². The third-order valence-corrected chi connectivity index (χ3v) is 2.81. The summed E-state index contributed by atoms with van der Waals surface area (Å²) in [5.41, 5.74) is 6.77. The van der Waals surface area contributed by atoms with Gasteiger partial charge in [-0.3, -0.25) is 9.59 Å². The molecule has 2 amide bonds. The smallest absolute Gasteiger partial charge is 0.271 e. The average molecular weight is 207 g/mol. The van der Waals surface area contributed by atoms with Gasteiger partial charge in [0.05, 0.1) is 0 Å². The number of rotatable bonds is 2. The summed E-state index contributed by atoms with van der Waals surface area (Å²) in [5.74, 6) is -0.620. The second kappa shape index (κ2) is 3.42. The number of amides is 2. The largest absolute Gasteiger partial charge is 0.368 e. The minimum Gasteiger partial charge on any atom is -0.368 e. The Morgan fingerprint density at radius 2 is 2.40 bits per heavy atom. The van der Waals surface area contributed by atoms with E-state index in [0.29, 0.717) is 12.2 Å². The van der Waals surface area contributed by atoms with Crippen molar-refractivity contribution in [1.82, 2.24) is 9.88 Å². The molecule has 15 heavy (non-hydrogen) atoms. The molecule has 1 aliphatic heterocycles. The Labute approximate surface area is 87.2 Å². The normalized spacial score (nSPS) is 17.4. The van der Waals surface area contributed by atoms with Crippen LogP contribution in [0.2, 0.25) is 0 Å². The topological polar surface area (TPSA) is 79.2 Å². The number of aromatic nitrogens is 1. The zero-order valence-electron chi connectivity index (χ0n) is 8.49. The molecular weight excluding hydrogens is 194 g/mol. The maximum Gasteiger partial charge on any atom is 0.271 e. The Bertz CT molecular complexity index is 411. The zero-order valence-corrected chi connectivity index (χ0v) is 8.49. The Hall–Kier alpha value is -1.78. The molecule has 0 bridgehead atoms. The molecule has 0 spiro atoms. The fraction of sp³-hybridized carbons (Fsp3) is 0.400. The first-order chi connectivity index (χ1) is 7.11. The zero-order chi connectivity index (χ0) is 11.0. The summed E-state index contributed by atoms with van der Waals surface area (Å²) < 4.78 is 0. The molecular formula is C10H13N3O2. The summed E-state index contributed by atoms with van der Waals surface area (Å²) in [6.07, 6.45) is 2.50. The van der Waals surface area contributed by atoms with Gasteiger partial charge in [-0.25, -0.2) is 0 Å². The Morgan fingerprint density at radius 1 is 1.67 bits per heavy atom. The predicted molar refractivity (Wildman–Crippen MR) is 54.2 cm³/mol. The van der Waals surface area contributed by atoms with Gasteiger partial charge in [-0.2, -0.15) is 0 Å². The van der Waals surface area contributed by atoms with E-state index in [1.165, 1.54) is 4.90 Å². The van der Waals surface area contributed by atoms with Gasteiger partial charge in [0.25, 0.3) is 5.91 Å². The van der Waals surface area contributed by atoms with E-state index in [9.17, 15) is 9.59 Å². The van der Waals surface area contributed by atoms with Crippen LogP contribution in [0.4, 0.5) is 0 Å². The van der Waals surface area contributed by atoms with Crippen LogP contribution in [0.3, 0.4) is 0 Å². The van der Waals surface area contributed by atoms with Crippen LogP contribution >= 0.6 is 0 Å². The number of nitrogens with two attached hydrogens (primary N) is 1. The van der Waals surface area contributed by atoms with E-state index >= 15 is 0 Å². The van der Waals surface area contributed by atoms with Gasteiger partial charge in [0.2, 0.25) is 5.91 Å². The van der Waals surface area contributed by atoms with Crippen molar-refractivity contribution in [3.63, 3.8) is 0 Å². The monoisotopic (exact) mass is 207 g/mol. The highest BCUT2D eigenvalue weighted by atomic mass is 16.2. The van der Waals surface area contributed by atoms with Crippen molar-refractivity contribution in [2.24, 2.45) is 5.73 Å². The third-order valence-electron chi connectivity index (χ3n) is 2.81. The number of nitrogens with zero attached hydrogens (tertiary/aromatic N) is 1. The molecule has 2 heterocycles. The molecule has 0 radical (unpaired) electrons. The predicted octanol–water partition coefficient (Wildman–Crippen LogP) is -0.113. The van der Waals surface area contributed by atoms with Crippen molar-refractivity contribution < 1.29 is 9.59 Å². The van der Waals surface area contributed by atoms with E-state index in [0.717, 1.165) is 12.0 Å². The lowest BCUT2D eigenvalue weighted by Crippen LogP contribution is -2.49. The fourth-order valence-corrected chi connectivity index (χ4v) is 1.82. The van der Waals surface area contributed by atoms with Gasteiger partial charge in [0, 0.05) is 12.7 Å². The standard InChI is InChI=1S/C10H13N3O2/c1-6(9(11)14)13-5-3-7-2-4-12-8(7)10(13)15/h2,4,6,12H,3,5H2,1H3,(H2,11,14). The molecule has 0 aliphatic carbocycles. The van der Waals surface area contributed by atoms with Crippen LogP contribution in [-0.2, 0) is 11.2 Å². The highest BCUT2D eigenvalue weighted by molar-refractivity contribution is 5.97. The molecule has 1 aromatic heterocycles. The second-order valence-corrected chi connectivity index (χ2v) is 3.70. The molecule has 0 saturated carbocycles. The van der Waals surface area contributed by atoms with Gasteiger partial charge < -0.3 is 15.6 Å². The molecule has 3 N–H and O–H groups in total. The van der Waals surface area contributed by atoms with E-state index in [4.69, 9.17) is 5.73 Å². The number of H-pyrrole nitrogens is 1. The molecule has 1 atom stereocenters. The van der Waals surface area contributed by atoms with Crippen LogP contribution in [0.15, 0.2) is 12.3 Å². The number of carbonyl (C=O) groups is 2. The lowest BCUT2D eigenvalue weighted by Gasteiger charge is -2.30. The van der Waals surface area contributed by atoms with Gasteiger partial charge in [-0.1, -0.05) is 0 Å². The highest BCUT2D eigenvalue weighted by Gasteiger charge is 2.30. The molecule has 1 aromatic rings. The summed E-state index contributed by atoms with van der Waals surface area (Å²) in [6, 6.07) is 1.34. The van der Waals surface area contributed by atoms with Crippen LogP contribution < -0.4 is 5.73 Å².